The molecule has 0 fully saturated rings. The van der Waals surface area contributed by atoms with E-state index < -0.39 is 0 Å². The third kappa shape index (κ3) is 0.346. The van der Waals surface area contributed by atoms with Crippen molar-refractivity contribution in [3.8, 4) is 0 Å². The van der Waals surface area contributed by atoms with Crippen LogP contribution in [0.25, 0.3) is 0 Å². The van der Waals surface area contributed by atoms with Crippen LogP contribution in [0.1, 0.15) is 0 Å². The molecule has 1 heterocycles. The second-order valence-corrected chi connectivity index (χ2v) is 0.676. The van der Waals surface area contributed by atoms with Crippen molar-refractivity contribution in [2.45, 2.75) is 0 Å². The number of aromatic nitrogens is 1. The first kappa shape index (κ1) is 2.63. The molecule has 1 aromatic rings. The molecule has 0 saturated heterocycles. The van der Waals surface area contributed by atoms with Crippen LogP contribution in [0.4, 0.5) is 0 Å². The van der Waals surface area contributed by atoms with E-state index in [9.17, 15) is 0 Å². The summed E-state index contributed by atoms with van der Waals surface area (Å²) in [7, 11) is 1.58. The summed E-state index contributed by atoms with van der Waals surface area (Å²) in [5, 5.41) is 0. The van der Waals surface area contributed by atoms with Crippen molar-refractivity contribution in [3.05, 3.63) is 12.6 Å². The van der Waals surface area contributed by atoms with Gasteiger partial charge in [0.1, 0.15) is 0 Å². The van der Waals surface area contributed by atoms with E-state index in [1.807, 2.05) is 0 Å². The van der Waals surface area contributed by atoms with Gasteiger partial charge in [0.2, 0.25) is 0 Å². The predicted molar refractivity (Wildman–Crippen MR) is 17.8 cm³/mol. The fraction of sp³-hybridized carbons (Fsp3) is 0. The van der Waals surface area contributed by atoms with Crippen molar-refractivity contribution >= 4 is 7.05 Å². The maximum absolute atomic E-state index is 4.47. The van der Waals surface area contributed by atoms with Gasteiger partial charge in [-0.05, 0) is 0 Å². The zero-order valence-corrected chi connectivity index (χ0v) is 2.59. The van der Waals surface area contributed by atoms with Gasteiger partial charge in [-0.15, -0.1) is 0 Å². The SMILES string of the molecule is b1cocn1. The molecule has 5 heavy (non-hydrogen) atoms. The summed E-state index contributed by atoms with van der Waals surface area (Å²) in [6.45, 7) is 0. The molecule has 0 saturated carbocycles. The van der Waals surface area contributed by atoms with Crippen LogP contribution in [-0.2, 0) is 0 Å². The molecule has 0 N–H and O–H groups in total. The van der Waals surface area contributed by atoms with Crippen LogP contribution < -0.4 is 0 Å². The van der Waals surface area contributed by atoms with Crippen molar-refractivity contribution in [2.24, 2.45) is 0 Å². The predicted octanol–water partition coefficient (Wildman–Crippen LogP) is 0.0127. The molecule has 3 heteroatoms. The fourth-order valence-electron chi connectivity index (χ4n) is 0.176. The molecule has 24 valence electrons. The average molecular weight is 66.9 g/mol. The number of nitrogens with zero attached hydrogens (tertiary/aromatic N) is 1. The molecule has 0 spiro atoms. The van der Waals surface area contributed by atoms with Crippen LogP contribution in [-0.4, -0.2) is 11.9 Å². The van der Waals surface area contributed by atoms with E-state index in [1.54, 1.807) is 7.05 Å². The number of hydrogen-bond acceptors (Lipinski definition) is 2. The molecular formula is C2H2BNO. The van der Waals surface area contributed by atoms with E-state index in [4.69, 9.17) is 0 Å². The van der Waals surface area contributed by atoms with Gasteiger partial charge in [-0.1, -0.05) is 0 Å². The van der Waals surface area contributed by atoms with Crippen molar-refractivity contribution in [1.29, 1.82) is 0 Å². The molecule has 0 aliphatic rings. The van der Waals surface area contributed by atoms with Gasteiger partial charge in [0.05, 0.1) is 0 Å². The molecular weight excluding hydrogens is 64.8 g/mol. The van der Waals surface area contributed by atoms with Gasteiger partial charge in [0.25, 0.3) is 0 Å². The van der Waals surface area contributed by atoms with Crippen LogP contribution in [0.2, 0.25) is 0 Å². The van der Waals surface area contributed by atoms with E-state index in [0.29, 0.717) is 0 Å². The molecule has 0 unspecified atom stereocenters. The van der Waals surface area contributed by atoms with Gasteiger partial charge in [-0.3, -0.25) is 0 Å². The summed E-state index contributed by atoms with van der Waals surface area (Å²) >= 11 is 0. The second kappa shape index (κ2) is 1.01. The van der Waals surface area contributed by atoms with Gasteiger partial charge in [-0.25, -0.2) is 0 Å². The molecule has 0 atom stereocenters. The van der Waals surface area contributed by atoms with Crippen molar-refractivity contribution in [2.75, 3.05) is 0 Å². The van der Waals surface area contributed by atoms with Gasteiger partial charge in [-0.2, -0.15) is 0 Å². The average Bonchev–Trinajstić information content (AvgIpc) is 1.76. The zero-order chi connectivity index (χ0) is 3.54. The summed E-state index contributed by atoms with van der Waals surface area (Å²) in [5.74, 6) is 0. The first-order valence-electron chi connectivity index (χ1n) is 1.32. The molecule has 0 amide bonds. The van der Waals surface area contributed by atoms with Crippen LogP contribution in [0.15, 0.2) is 17.0 Å². The van der Waals surface area contributed by atoms with Crippen LogP contribution >= 0.6 is 0 Å². The first-order valence-corrected chi connectivity index (χ1v) is 1.32. The Balaban J connectivity index is 3.13. The standard InChI is InChI=1S/C2H2BNO/c1-3-4-2-5-1/h1-2H. The minimum atomic E-state index is 1.38. The Morgan fingerprint density at radius 3 is 3.00 bits per heavy atom. The molecule has 1 aromatic heterocycles. The molecule has 0 aliphatic carbocycles. The molecule has 2 nitrogen and oxygen atoms in total. The van der Waals surface area contributed by atoms with Crippen molar-refractivity contribution in [3.63, 3.8) is 0 Å². The summed E-state index contributed by atoms with van der Waals surface area (Å²) in [4.78, 5) is 3.56. The third-order valence-electron chi connectivity index (χ3n) is 0.347. The van der Waals surface area contributed by atoms with Crippen LogP contribution in [0.5, 0.6) is 0 Å². The van der Waals surface area contributed by atoms with E-state index in [2.05, 4.69) is 9.31 Å². The quantitative estimate of drug-likeness (QED) is 0.427. The monoisotopic (exact) mass is 67.0 g/mol. The number of rotatable bonds is 0. The Hall–Kier alpha value is -0.595. The molecule has 0 radical (unpaired) electrons. The van der Waals surface area contributed by atoms with Crippen LogP contribution in [0.3, 0.4) is 0 Å². The zero-order valence-electron chi connectivity index (χ0n) is 2.59. The van der Waals surface area contributed by atoms with Crippen molar-refractivity contribution in [1.82, 2.24) is 4.89 Å². The van der Waals surface area contributed by atoms with E-state index in [1.165, 1.54) is 12.6 Å². The topological polar surface area (TPSA) is 26.0 Å². The molecule has 1 rings (SSSR count). The minimum absolute atomic E-state index is 1.38. The van der Waals surface area contributed by atoms with Gasteiger partial charge < -0.3 is 0 Å². The maximum atomic E-state index is 4.47. The summed E-state index contributed by atoms with van der Waals surface area (Å²) < 4.78 is 4.47. The Morgan fingerprint density at radius 2 is 2.80 bits per heavy atom. The number of hydrogen-bond donors (Lipinski definition) is 0. The molecule has 0 bridgehead atoms. The second-order valence-electron chi connectivity index (χ2n) is 0.676. The fourth-order valence-corrected chi connectivity index (χ4v) is 0.176. The van der Waals surface area contributed by atoms with Gasteiger partial charge >= 0.3 is 28.9 Å². The van der Waals surface area contributed by atoms with Crippen molar-refractivity contribution < 1.29 is 4.42 Å². The normalized spacial score (nSPS) is 7.20. The third-order valence-corrected chi connectivity index (χ3v) is 0.347. The Kier molecular flexibility index (Phi) is 0.534. The van der Waals surface area contributed by atoms with E-state index in [0.717, 1.165) is 0 Å². The van der Waals surface area contributed by atoms with Crippen LogP contribution in [0, 0.1) is 0 Å². The Bertz CT molecular complexity index is 66.1. The van der Waals surface area contributed by atoms with Gasteiger partial charge in [0.15, 0.2) is 0 Å². The summed E-state index contributed by atoms with van der Waals surface area (Å²) in [6, 6.07) is 0. The van der Waals surface area contributed by atoms with E-state index >= 15 is 0 Å². The molecule has 0 aromatic carbocycles. The first-order chi connectivity index (χ1) is 2.50. The Morgan fingerprint density at radius 1 is 1.80 bits per heavy atom. The van der Waals surface area contributed by atoms with Gasteiger partial charge in [0, 0.05) is 0 Å². The van der Waals surface area contributed by atoms with E-state index in [-0.39, 0.29) is 0 Å². The Labute approximate surface area is 30.1 Å². The summed E-state index contributed by atoms with van der Waals surface area (Å²) in [5.41, 5.74) is 0. The summed E-state index contributed by atoms with van der Waals surface area (Å²) in [6.07, 6.45) is 2.89. The molecule has 0 aliphatic heterocycles.